The monoisotopic (exact) mass is 245 g/mol. The predicted molar refractivity (Wildman–Crippen MR) is 74.6 cm³/mol. The molecule has 1 aliphatic carbocycles. The van der Waals surface area contributed by atoms with Gasteiger partial charge in [-0.05, 0) is 49.8 Å². The van der Waals surface area contributed by atoms with Gasteiger partial charge in [-0.15, -0.1) is 0 Å². The summed E-state index contributed by atoms with van der Waals surface area (Å²) in [6.45, 7) is 6.10. The summed E-state index contributed by atoms with van der Waals surface area (Å²) in [6.07, 6.45) is 1.95. The molecule has 1 aromatic rings. The maximum atomic E-state index is 12.2. The average Bonchev–Trinajstić information content (AvgIpc) is 2.42. The molecule has 0 saturated carbocycles. The van der Waals surface area contributed by atoms with Gasteiger partial charge in [-0.2, -0.15) is 0 Å². The van der Waals surface area contributed by atoms with Gasteiger partial charge in [0, 0.05) is 0 Å². The Morgan fingerprint density at radius 3 is 1.94 bits per heavy atom. The molecule has 2 nitrogen and oxygen atoms in total. The van der Waals surface area contributed by atoms with Crippen LogP contribution in [-0.4, -0.2) is 18.4 Å². The SMILES string of the molecule is CNC1(C(C)=O)C(C)Cc2ccccc2CC1C. The first kappa shape index (κ1) is 13.3. The third kappa shape index (κ3) is 1.89. The van der Waals surface area contributed by atoms with Crippen LogP contribution in [0.5, 0.6) is 0 Å². The molecule has 0 spiro atoms. The zero-order valence-electron chi connectivity index (χ0n) is 11.8. The van der Waals surface area contributed by atoms with Crippen molar-refractivity contribution in [2.45, 2.75) is 39.2 Å². The van der Waals surface area contributed by atoms with E-state index in [-0.39, 0.29) is 11.3 Å². The molecule has 0 radical (unpaired) electrons. The summed E-state index contributed by atoms with van der Waals surface area (Å²) in [5.41, 5.74) is 2.41. The van der Waals surface area contributed by atoms with Crippen molar-refractivity contribution >= 4 is 5.78 Å². The molecule has 0 bridgehead atoms. The Morgan fingerprint density at radius 1 is 1.17 bits per heavy atom. The minimum absolute atomic E-state index is 0.262. The lowest BCUT2D eigenvalue weighted by Crippen LogP contribution is -2.59. The van der Waals surface area contributed by atoms with Crippen LogP contribution in [0.15, 0.2) is 24.3 Å². The summed E-state index contributed by atoms with van der Waals surface area (Å²) in [5.74, 6) is 0.898. The van der Waals surface area contributed by atoms with Crippen molar-refractivity contribution in [3.63, 3.8) is 0 Å². The predicted octanol–water partition coefficient (Wildman–Crippen LogP) is 2.60. The van der Waals surface area contributed by atoms with Crippen LogP contribution in [0.3, 0.4) is 0 Å². The van der Waals surface area contributed by atoms with Crippen LogP contribution < -0.4 is 5.32 Å². The fraction of sp³-hybridized carbons (Fsp3) is 0.562. The van der Waals surface area contributed by atoms with Gasteiger partial charge < -0.3 is 5.32 Å². The van der Waals surface area contributed by atoms with Gasteiger partial charge in [-0.3, -0.25) is 4.79 Å². The van der Waals surface area contributed by atoms with Crippen molar-refractivity contribution in [3.05, 3.63) is 35.4 Å². The highest BCUT2D eigenvalue weighted by atomic mass is 16.1. The number of ketones is 1. The third-order valence-electron chi connectivity index (χ3n) is 4.72. The Bertz CT molecular complexity index is 421. The highest BCUT2D eigenvalue weighted by Gasteiger charge is 2.45. The average molecular weight is 245 g/mol. The molecule has 0 heterocycles. The molecule has 0 aliphatic heterocycles. The quantitative estimate of drug-likeness (QED) is 0.811. The Hall–Kier alpha value is -1.15. The van der Waals surface area contributed by atoms with Crippen LogP contribution in [0.4, 0.5) is 0 Å². The number of hydrogen-bond donors (Lipinski definition) is 1. The van der Waals surface area contributed by atoms with Crippen molar-refractivity contribution in [1.29, 1.82) is 0 Å². The molecule has 0 amide bonds. The standard InChI is InChI=1S/C16H23NO/c1-11-9-14-7-5-6-8-15(14)10-12(2)16(11,17-4)13(3)18/h5-8,11-12,17H,9-10H2,1-4H3. The fourth-order valence-corrected chi connectivity index (χ4v) is 3.79. The van der Waals surface area contributed by atoms with E-state index in [4.69, 9.17) is 0 Å². The van der Waals surface area contributed by atoms with Crippen LogP contribution in [0.25, 0.3) is 0 Å². The van der Waals surface area contributed by atoms with E-state index in [0.717, 1.165) is 12.8 Å². The Morgan fingerprint density at radius 2 is 1.61 bits per heavy atom. The van der Waals surface area contributed by atoms with Crippen LogP contribution >= 0.6 is 0 Å². The number of rotatable bonds is 2. The number of hydrogen-bond acceptors (Lipinski definition) is 2. The molecular weight excluding hydrogens is 222 g/mol. The molecule has 2 heteroatoms. The molecule has 2 unspecified atom stereocenters. The number of Topliss-reactive ketones (excluding diaryl/α,β-unsaturated/α-hetero) is 1. The summed E-state index contributed by atoms with van der Waals surface area (Å²) >= 11 is 0. The van der Waals surface area contributed by atoms with Gasteiger partial charge in [-0.25, -0.2) is 0 Å². The Kier molecular flexibility index (Phi) is 3.58. The number of carbonyl (C=O) groups excluding carboxylic acids is 1. The molecule has 98 valence electrons. The molecule has 2 atom stereocenters. The topological polar surface area (TPSA) is 29.1 Å². The zero-order chi connectivity index (χ0) is 13.3. The van der Waals surface area contributed by atoms with E-state index in [1.54, 1.807) is 6.92 Å². The minimum Gasteiger partial charge on any atom is -0.308 e. The third-order valence-corrected chi connectivity index (χ3v) is 4.72. The van der Waals surface area contributed by atoms with Gasteiger partial charge in [0.15, 0.2) is 0 Å². The maximum absolute atomic E-state index is 12.2. The van der Waals surface area contributed by atoms with Gasteiger partial charge in [0.25, 0.3) is 0 Å². The zero-order valence-corrected chi connectivity index (χ0v) is 11.8. The fourth-order valence-electron chi connectivity index (χ4n) is 3.79. The molecule has 0 fully saturated rings. The van der Waals surface area contributed by atoms with Gasteiger partial charge in [0.05, 0.1) is 5.54 Å². The molecule has 18 heavy (non-hydrogen) atoms. The Balaban J connectivity index is 2.47. The molecule has 1 N–H and O–H groups in total. The van der Waals surface area contributed by atoms with Gasteiger partial charge in [0.1, 0.15) is 5.78 Å². The largest absolute Gasteiger partial charge is 0.308 e. The number of carbonyl (C=O) groups is 1. The molecule has 0 saturated heterocycles. The lowest BCUT2D eigenvalue weighted by Gasteiger charge is -2.40. The second kappa shape index (κ2) is 4.85. The van der Waals surface area contributed by atoms with Crippen LogP contribution in [-0.2, 0) is 17.6 Å². The summed E-state index contributed by atoms with van der Waals surface area (Å²) in [6, 6.07) is 8.58. The van der Waals surface area contributed by atoms with E-state index in [1.165, 1.54) is 11.1 Å². The summed E-state index contributed by atoms with van der Waals surface area (Å²) in [5, 5.41) is 3.34. The Labute approximate surface area is 110 Å². The van der Waals surface area contributed by atoms with Crippen LogP contribution in [0, 0.1) is 11.8 Å². The van der Waals surface area contributed by atoms with E-state index in [1.807, 2.05) is 7.05 Å². The van der Waals surface area contributed by atoms with Gasteiger partial charge in [-0.1, -0.05) is 38.1 Å². The van der Waals surface area contributed by atoms with Crippen molar-refractivity contribution in [1.82, 2.24) is 5.32 Å². The number of likely N-dealkylation sites (N-methyl/N-ethyl adjacent to an activating group) is 1. The number of nitrogens with one attached hydrogen (secondary N) is 1. The first-order valence-electron chi connectivity index (χ1n) is 6.79. The number of fused-ring (bicyclic) bond motifs is 1. The molecule has 2 rings (SSSR count). The minimum atomic E-state index is -0.390. The summed E-state index contributed by atoms with van der Waals surface area (Å²) in [7, 11) is 1.92. The van der Waals surface area contributed by atoms with E-state index >= 15 is 0 Å². The molecule has 1 aliphatic rings. The van der Waals surface area contributed by atoms with Crippen LogP contribution in [0.1, 0.15) is 31.9 Å². The van der Waals surface area contributed by atoms with E-state index in [9.17, 15) is 4.79 Å². The van der Waals surface area contributed by atoms with Crippen molar-refractivity contribution in [3.8, 4) is 0 Å². The lowest BCUT2D eigenvalue weighted by atomic mass is 9.71. The molecule has 1 aromatic carbocycles. The van der Waals surface area contributed by atoms with Gasteiger partial charge >= 0.3 is 0 Å². The van der Waals surface area contributed by atoms with Crippen molar-refractivity contribution in [2.75, 3.05) is 7.05 Å². The van der Waals surface area contributed by atoms with Crippen LogP contribution in [0.2, 0.25) is 0 Å². The maximum Gasteiger partial charge on any atom is 0.150 e. The normalized spacial score (nSPS) is 31.6. The first-order chi connectivity index (χ1) is 8.52. The highest BCUT2D eigenvalue weighted by Crippen LogP contribution is 2.36. The second-order valence-electron chi connectivity index (χ2n) is 5.65. The second-order valence-corrected chi connectivity index (χ2v) is 5.65. The first-order valence-corrected chi connectivity index (χ1v) is 6.79. The van der Waals surface area contributed by atoms with Crippen molar-refractivity contribution < 1.29 is 4.79 Å². The van der Waals surface area contributed by atoms with E-state index in [0.29, 0.717) is 11.8 Å². The van der Waals surface area contributed by atoms with E-state index < -0.39 is 0 Å². The number of benzene rings is 1. The van der Waals surface area contributed by atoms with Gasteiger partial charge in [0.2, 0.25) is 0 Å². The van der Waals surface area contributed by atoms with Crippen molar-refractivity contribution in [2.24, 2.45) is 11.8 Å². The molecular formula is C16H23NO. The smallest absolute Gasteiger partial charge is 0.150 e. The lowest BCUT2D eigenvalue weighted by molar-refractivity contribution is -0.127. The van der Waals surface area contributed by atoms with E-state index in [2.05, 4.69) is 43.4 Å². The highest BCUT2D eigenvalue weighted by molar-refractivity contribution is 5.87. The molecule has 0 aromatic heterocycles. The summed E-state index contributed by atoms with van der Waals surface area (Å²) in [4.78, 5) is 12.2. The summed E-state index contributed by atoms with van der Waals surface area (Å²) < 4.78 is 0.